The number of rotatable bonds is 7. The molecule has 1 aromatic carbocycles. The largest absolute Gasteiger partial charge is 0.508 e. The second-order valence-electron chi connectivity index (χ2n) is 6.72. The molecule has 3 N–H and O–H groups in total. The van der Waals surface area contributed by atoms with Crippen LogP contribution in [0.1, 0.15) is 54.7 Å². The molecule has 24 heavy (non-hydrogen) atoms. The Balaban J connectivity index is 1.47. The Morgan fingerprint density at radius 2 is 2.17 bits per heavy atom. The molecule has 1 aromatic heterocycles. The SMILES string of the molecule is CCc1ccsc1C(O)C1CCC(CCCc2cccc(O)c2)N1. The van der Waals surface area contributed by atoms with Crippen LogP contribution in [0.3, 0.4) is 0 Å². The lowest BCUT2D eigenvalue weighted by molar-refractivity contribution is 0.137. The topological polar surface area (TPSA) is 52.5 Å². The summed E-state index contributed by atoms with van der Waals surface area (Å²) in [5.74, 6) is 0.345. The van der Waals surface area contributed by atoms with Crippen molar-refractivity contribution in [3.05, 3.63) is 51.7 Å². The van der Waals surface area contributed by atoms with Gasteiger partial charge in [0.1, 0.15) is 11.9 Å². The number of hydrogen-bond acceptors (Lipinski definition) is 4. The number of benzene rings is 1. The smallest absolute Gasteiger partial charge is 0.115 e. The zero-order valence-corrected chi connectivity index (χ0v) is 15.1. The minimum atomic E-state index is -0.379. The van der Waals surface area contributed by atoms with E-state index in [1.54, 1.807) is 17.4 Å². The third-order valence-electron chi connectivity index (χ3n) is 5.02. The number of aliphatic hydroxyl groups excluding tert-OH is 1. The second-order valence-corrected chi connectivity index (χ2v) is 7.67. The van der Waals surface area contributed by atoms with Gasteiger partial charge in [-0.25, -0.2) is 0 Å². The quantitative estimate of drug-likeness (QED) is 0.705. The predicted molar refractivity (Wildman–Crippen MR) is 99.6 cm³/mol. The van der Waals surface area contributed by atoms with E-state index in [2.05, 4.69) is 29.8 Å². The maximum Gasteiger partial charge on any atom is 0.115 e. The van der Waals surface area contributed by atoms with Gasteiger partial charge < -0.3 is 15.5 Å². The van der Waals surface area contributed by atoms with Gasteiger partial charge in [-0.1, -0.05) is 19.1 Å². The summed E-state index contributed by atoms with van der Waals surface area (Å²) in [5, 5.41) is 25.9. The molecule has 130 valence electrons. The summed E-state index contributed by atoms with van der Waals surface area (Å²) in [4.78, 5) is 1.13. The van der Waals surface area contributed by atoms with Gasteiger partial charge in [-0.2, -0.15) is 0 Å². The molecule has 2 aromatic rings. The molecule has 1 aliphatic heterocycles. The molecule has 0 radical (unpaired) electrons. The standard InChI is InChI=1S/C20H27NO2S/c1-2-15-11-12-24-20(15)19(23)18-10-9-16(21-18)7-3-5-14-6-4-8-17(22)13-14/h4,6,8,11-13,16,18-19,21-23H,2-3,5,7,9-10H2,1H3. The number of nitrogens with one attached hydrogen (secondary N) is 1. The molecule has 0 amide bonds. The van der Waals surface area contributed by atoms with Gasteiger partial charge in [-0.05, 0) is 73.2 Å². The number of aryl methyl sites for hydroxylation is 2. The summed E-state index contributed by atoms with van der Waals surface area (Å²) in [6.07, 6.45) is 5.98. The highest BCUT2D eigenvalue weighted by molar-refractivity contribution is 7.10. The monoisotopic (exact) mass is 345 g/mol. The van der Waals surface area contributed by atoms with E-state index in [0.29, 0.717) is 11.8 Å². The van der Waals surface area contributed by atoms with Crippen molar-refractivity contribution in [1.29, 1.82) is 0 Å². The first-order chi connectivity index (χ1) is 11.7. The van der Waals surface area contributed by atoms with Crippen LogP contribution in [0.4, 0.5) is 0 Å². The van der Waals surface area contributed by atoms with Crippen LogP contribution in [-0.2, 0) is 12.8 Å². The van der Waals surface area contributed by atoms with E-state index in [0.717, 1.165) is 43.4 Å². The van der Waals surface area contributed by atoms with Crippen molar-refractivity contribution in [3.63, 3.8) is 0 Å². The Morgan fingerprint density at radius 3 is 2.96 bits per heavy atom. The van der Waals surface area contributed by atoms with Crippen molar-refractivity contribution >= 4 is 11.3 Å². The number of hydrogen-bond donors (Lipinski definition) is 3. The first-order valence-corrected chi connectivity index (χ1v) is 9.83. The van der Waals surface area contributed by atoms with Crippen LogP contribution < -0.4 is 5.32 Å². The molecule has 0 bridgehead atoms. The average molecular weight is 346 g/mol. The van der Waals surface area contributed by atoms with Crippen LogP contribution in [0.15, 0.2) is 35.7 Å². The van der Waals surface area contributed by atoms with Gasteiger partial charge in [0, 0.05) is 17.0 Å². The van der Waals surface area contributed by atoms with Crippen molar-refractivity contribution < 1.29 is 10.2 Å². The highest BCUT2D eigenvalue weighted by Gasteiger charge is 2.31. The van der Waals surface area contributed by atoms with Gasteiger partial charge in [-0.15, -0.1) is 11.3 Å². The lowest BCUT2D eigenvalue weighted by Crippen LogP contribution is -2.34. The summed E-state index contributed by atoms with van der Waals surface area (Å²) < 4.78 is 0. The van der Waals surface area contributed by atoms with Gasteiger partial charge in [0.15, 0.2) is 0 Å². The first-order valence-electron chi connectivity index (χ1n) is 8.95. The van der Waals surface area contributed by atoms with E-state index < -0.39 is 0 Å². The van der Waals surface area contributed by atoms with E-state index >= 15 is 0 Å². The molecule has 3 rings (SSSR count). The lowest BCUT2D eigenvalue weighted by atomic mass is 10.0. The average Bonchev–Trinajstić information content (AvgIpc) is 3.23. The Kier molecular flexibility index (Phi) is 5.93. The number of thiophene rings is 1. The lowest BCUT2D eigenvalue weighted by Gasteiger charge is -2.20. The zero-order valence-electron chi connectivity index (χ0n) is 14.2. The Hall–Kier alpha value is -1.36. The van der Waals surface area contributed by atoms with Crippen LogP contribution in [0.25, 0.3) is 0 Å². The van der Waals surface area contributed by atoms with Gasteiger partial charge in [0.25, 0.3) is 0 Å². The fraction of sp³-hybridized carbons (Fsp3) is 0.500. The maximum absolute atomic E-state index is 10.7. The fourth-order valence-electron chi connectivity index (χ4n) is 3.67. The predicted octanol–water partition coefficient (Wildman–Crippen LogP) is 4.19. The fourth-order valence-corrected chi connectivity index (χ4v) is 4.72. The molecular weight excluding hydrogens is 318 g/mol. The zero-order chi connectivity index (χ0) is 16.9. The number of phenols is 1. The van der Waals surface area contributed by atoms with Gasteiger partial charge in [0.2, 0.25) is 0 Å². The summed E-state index contributed by atoms with van der Waals surface area (Å²) in [6, 6.07) is 10.3. The van der Waals surface area contributed by atoms with E-state index in [9.17, 15) is 10.2 Å². The summed E-state index contributed by atoms with van der Waals surface area (Å²) in [6.45, 7) is 2.14. The Labute approximate surface area is 148 Å². The Morgan fingerprint density at radius 1 is 1.29 bits per heavy atom. The van der Waals surface area contributed by atoms with Crippen molar-refractivity contribution in [2.24, 2.45) is 0 Å². The third kappa shape index (κ3) is 4.18. The summed E-state index contributed by atoms with van der Waals surface area (Å²) >= 11 is 1.67. The Bertz CT molecular complexity index is 655. The molecule has 4 heteroatoms. The van der Waals surface area contributed by atoms with Crippen molar-refractivity contribution in [2.45, 2.75) is 63.6 Å². The van der Waals surface area contributed by atoms with Crippen LogP contribution in [-0.4, -0.2) is 22.3 Å². The van der Waals surface area contributed by atoms with E-state index in [1.165, 1.54) is 11.1 Å². The molecule has 3 unspecified atom stereocenters. The highest BCUT2D eigenvalue weighted by Crippen LogP contribution is 2.32. The van der Waals surface area contributed by atoms with Crippen molar-refractivity contribution in [3.8, 4) is 5.75 Å². The van der Waals surface area contributed by atoms with E-state index in [1.807, 2.05) is 12.1 Å². The third-order valence-corrected chi connectivity index (χ3v) is 6.05. The van der Waals surface area contributed by atoms with Gasteiger partial charge >= 0.3 is 0 Å². The summed E-state index contributed by atoms with van der Waals surface area (Å²) in [7, 11) is 0. The van der Waals surface area contributed by atoms with Crippen LogP contribution >= 0.6 is 11.3 Å². The maximum atomic E-state index is 10.7. The number of aliphatic hydroxyl groups is 1. The van der Waals surface area contributed by atoms with Crippen molar-refractivity contribution in [2.75, 3.05) is 0 Å². The molecule has 1 aliphatic rings. The number of aromatic hydroxyl groups is 1. The molecule has 0 aliphatic carbocycles. The van der Waals surface area contributed by atoms with Crippen LogP contribution in [0.2, 0.25) is 0 Å². The minimum Gasteiger partial charge on any atom is -0.508 e. The first kappa shape index (κ1) is 17.5. The summed E-state index contributed by atoms with van der Waals surface area (Å²) in [5.41, 5.74) is 2.47. The molecule has 3 nitrogen and oxygen atoms in total. The molecule has 2 heterocycles. The van der Waals surface area contributed by atoms with Crippen LogP contribution in [0, 0.1) is 0 Å². The van der Waals surface area contributed by atoms with E-state index in [4.69, 9.17) is 0 Å². The molecule has 0 saturated carbocycles. The normalized spacial score (nSPS) is 21.9. The molecule has 0 spiro atoms. The van der Waals surface area contributed by atoms with Crippen LogP contribution in [0.5, 0.6) is 5.75 Å². The molecule has 3 atom stereocenters. The molecule has 1 saturated heterocycles. The van der Waals surface area contributed by atoms with Gasteiger partial charge in [0.05, 0.1) is 0 Å². The van der Waals surface area contributed by atoms with Gasteiger partial charge in [-0.3, -0.25) is 0 Å². The number of phenolic OH excluding ortho intramolecular Hbond substituents is 1. The molecular formula is C20H27NO2S. The second kappa shape index (κ2) is 8.15. The minimum absolute atomic E-state index is 0.180. The van der Waals surface area contributed by atoms with Crippen molar-refractivity contribution in [1.82, 2.24) is 5.32 Å². The highest BCUT2D eigenvalue weighted by atomic mass is 32.1. The van der Waals surface area contributed by atoms with E-state index in [-0.39, 0.29) is 12.1 Å². The molecule has 1 fully saturated rings.